The molecule has 0 atom stereocenters. The zero-order valence-electron chi connectivity index (χ0n) is 12.5. The highest BCUT2D eigenvalue weighted by molar-refractivity contribution is 5.99. The predicted octanol–water partition coefficient (Wildman–Crippen LogP) is 1.19. The zero-order valence-corrected chi connectivity index (χ0v) is 12.5. The molecule has 0 aliphatic heterocycles. The van der Waals surface area contributed by atoms with E-state index in [-0.39, 0.29) is 5.91 Å². The summed E-state index contributed by atoms with van der Waals surface area (Å²) in [6, 6.07) is 5.20. The number of carbonyl (C=O) groups excluding carboxylic acids is 1. The quantitative estimate of drug-likeness (QED) is 0.807. The van der Waals surface area contributed by atoms with E-state index < -0.39 is 0 Å². The molecule has 1 heterocycles. The van der Waals surface area contributed by atoms with Gasteiger partial charge in [0.15, 0.2) is 5.82 Å². The van der Waals surface area contributed by atoms with Gasteiger partial charge in [-0.15, -0.1) is 10.2 Å². The van der Waals surface area contributed by atoms with E-state index in [2.05, 4.69) is 15.5 Å². The van der Waals surface area contributed by atoms with Gasteiger partial charge in [-0.25, -0.2) is 0 Å². The van der Waals surface area contributed by atoms with E-state index in [0.29, 0.717) is 23.5 Å². The normalized spacial score (nSPS) is 10.4. The number of benzene rings is 1. The number of anilines is 2. The fourth-order valence-corrected chi connectivity index (χ4v) is 1.99. The van der Waals surface area contributed by atoms with Crippen molar-refractivity contribution < 1.29 is 4.79 Å². The van der Waals surface area contributed by atoms with Crippen LogP contribution in [0, 0.1) is 0 Å². The number of nitrogen functional groups attached to an aromatic ring is 1. The third kappa shape index (κ3) is 3.31. The number of rotatable bonds is 5. The smallest absolute Gasteiger partial charge is 0.255 e. The lowest BCUT2D eigenvalue weighted by molar-refractivity contribution is 0.0828. The van der Waals surface area contributed by atoms with Crippen LogP contribution in [0.15, 0.2) is 24.5 Å². The first-order chi connectivity index (χ1) is 10.0. The molecule has 2 aromatic rings. The number of hydrogen-bond donors (Lipinski definition) is 2. The number of nitrogens with two attached hydrogens (primary N) is 1. The van der Waals surface area contributed by atoms with Crippen molar-refractivity contribution in [3.63, 3.8) is 0 Å². The van der Waals surface area contributed by atoms with Gasteiger partial charge in [0.1, 0.15) is 6.33 Å². The summed E-state index contributed by atoms with van der Waals surface area (Å²) in [7, 11) is 3.44. The average molecular weight is 288 g/mol. The Morgan fingerprint density at radius 3 is 2.86 bits per heavy atom. The summed E-state index contributed by atoms with van der Waals surface area (Å²) in [5.41, 5.74) is 7.69. The number of nitrogens with one attached hydrogen (secondary N) is 1. The second-order valence-corrected chi connectivity index (χ2v) is 4.89. The summed E-state index contributed by atoms with van der Waals surface area (Å²) in [6.45, 7) is 3.30. The third-order valence-corrected chi connectivity index (χ3v) is 3.15. The van der Waals surface area contributed by atoms with Crippen LogP contribution in [-0.4, -0.2) is 39.7 Å². The van der Waals surface area contributed by atoms with E-state index in [1.165, 1.54) is 4.90 Å². The summed E-state index contributed by atoms with van der Waals surface area (Å²) >= 11 is 0. The first-order valence-corrected chi connectivity index (χ1v) is 6.74. The van der Waals surface area contributed by atoms with Crippen molar-refractivity contribution >= 4 is 17.3 Å². The molecule has 1 amide bonds. The topological polar surface area (TPSA) is 89.1 Å². The number of amides is 1. The Balaban J connectivity index is 2.22. The van der Waals surface area contributed by atoms with Crippen molar-refractivity contribution in [2.24, 2.45) is 0 Å². The lowest BCUT2D eigenvalue weighted by Crippen LogP contribution is -2.23. The molecule has 0 aliphatic carbocycles. The molecule has 0 unspecified atom stereocenters. The van der Waals surface area contributed by atoms with Gasteiger partial charge in [0.05, 0.1) is 12.1 Å². The van der Waals surface area contributed by atoms with Gasteiger partial charge in [-0.05, 0) is 25.1 Å². The van der Waals surface area contributed by atoms with Crippen molar-refractivity contribution in [2.45, 2.75) is 20.0 Å². The van der Waals surface area contributed by atoms with Crippen LogP contribution in [-0.2, 0) is 13.1 Å². The molecule has 0 saturated carbocycles. The molecule has 1 aromatic heterocycles. The third-order valence-electron chi connectivity index (χ3n) is 3.15. The van der Waals surface area contributed by atoms with Crippen LogP contribution in [0.4, 0.5) is 11.4 Å². The summed E-state index contributed by atoms with van der Waals surface area (Å²) in [6.07, 6.45) is 1.68. The van der Waals surface area contributed by atoms with Crippen LogP contribution in [0.2, 0.25) is 0 Å². The Morgan fingerprint density at radius 1 is 1.43 bits per heavy atom. The Bertz CT molecular complexity index is 634. The van der Waals surface area contributed by atoms with Gasteiger partial charge in [0.2, 0.25) is 0 Å². The standard InChI is InChI=1S/C14H20N6O/c1-4-20-9-17-18-13(20)8-16-12-7-10(15)5-6-11(12)14(21)19(2)3/h5-7,9,16H,4,8,15H2,1-3H3. The van der Waals surface area contributed by atoms with E-state index in [9.17, 15) is 4.79 Å². The maximum Gasteiger partial charge on any atom is 0.255 e. The van der Waals surface area contributed by atoms with E-state index in [1.54, 1.807) is 38.6 Å². The molecule has 2 rings (SSSR count). The number of aromatic nitrogens is 3. The van der Waals surface area contributed by atoms with Crippen LogP contribution in [0.5, 0.6) is 0 Å². The van der Waals surface area contributed by atoms with Gasteiger partial charge in [0, 0.05) is 32.0 Å². The molecule has 0 saturated heterocycles. The minimum atomic E-state index is -0.0746. The molecule has 1 aromatic carbocycles. The second-order valence-electron chi connectivity index (χ2n) is 4.89. The van der Waals surface area contributed by atoms with Crippen molar-refractivity contribution in [1.82, 2.24) is 19.7 Å². The molecule has 0 fully saturated rings. The number of carbonyl (C=O) groups is 1. The zero-order chi connectivity index (χ0) is 15.4. The summed E-state index contributed by atoms with van der Waals surface area (Å²) in [5, 5.41) is 11.2. The van der Waals surface area contributed by atoms with Crippen LogP contribution in [0.3, 0.4) is 0 Å². The van der Waals surface area contributed by atoms with Gasteiger partial charge in [0.25, 0.3) is 5.91 Å². The van der Waals surface area contributed by atoms with Crippen LogP contribution in [0.25, 0.3) is 0 Å². The van der Waals surface area contributed by atoms with E-state index in [0.717, 1.165) is 12.4 Å². The number of nitrogens with zero attached hydrogens (tertiary/aromatic N) is 4. The SMILES string of the molecule is CCn1cnnc1CNc1cc(N)ccc1C(=O)N(C)C. The first kappa shape index (κ1) is 14.8. The largest absolute Gasteiger partial charge is 0.399 e. The van der Waals surface area contributed by atoms with Crippen LogP contribution in [0.1, 0.15) is 23.1 Å². The Kier molecular flexibility index (Phi) is 4.42. The van der Waals surface area contributed by atoms with Gasteiger partial charge < -0.3 is 20.5 Å². The highest BCUT2D eigenvalue weighted by Crippen LogP contribution is 2.21. The molecule has 0 bridgehead atoms. The molecular formula is C14H20N6O. The van der Waals surface area contributed by atoms with Crippen LogP contribution < -0.4 is 11.1 Å². The lowest BCUT2D eigenvalue weighted by atomic mass is 10.1. The molecular weight excluding hydrogens is 268 g/mol. The van der Waals surface area contributed by atoms with Crippen LogP contribution >= 0.6 is 0 Å². The highest BCUT2D eigenvalue weighted by atomic mass is 16.2. The van der Waals surface area contributed by atoms with E-state index in [4.69, 9.17) is 5.73 Å². The molecule has 7 nitrogen and oxygen atoms in total. The molecule has 7 heteroatoms. The van der Waals surface area contributed by atoms with Gasteiger partial charge in [-0.1, -0.05) is 0 Å². The monoisotopic (exact) mass is 288 g/mol. The molecule has 0 radical (unpaired) electrons. The summed E-state index contributed by atoms with van der Waals surface area (Å²) in [5.74, 6) is 0.734. The Morgan fingerprint density at radius 2 is 2.19 bits per heavy atom. The lowest BCUT2D eigenvalue weighted by Gasteiger charge is -2.16. The van der Waals surface area contributed by atoms with Crippen molar-refractivity contribution in [1.29, 1.82) is 0 Å². The minimum Gasteiger partial charge on any atom is -0.399 e. The molecule has 0 spiro atoms. The highest BCUT2D eigenvalue weighted by Gasteiger charge is 2.14. The maximum absolute atomic E-state index is 12.2. The minimum absolute atomic E-state index is 0.0746. The maximum atomic E-state index is 12.2. The summed E-state index contributed by atoms with van der Waals surface area (Å²) in [4.78, 5) is 13.7. The van der Waals surface area contributed by atoms with E-state index >= 15 is 0 Å². The molecule has 3 N–H and O–H groups in total. The number of aryl methyl sites for hydroxylation is 1. The van der Waals surface area contributed by atoms with Crippen molar-refractivity contribution in [3.05, 3.63) is 35.9 Å². The van der Waals surface area contributed by atoms with Gasteiger partial charge in [-0.2, -0.15) is 0 Å². The van der Waals surface area contributed by atoms with Gasteiger partial charge >= 0.3 is 0 Å². The Hall–Kier alpha value is -2.57. The first-order valence-electron chi connectivity index (χ1n) is 6.74. The molecule has 0 aliphatic rings. The molecule has 112 valence electrons. The van der Waals surface area contributed by atoms with E-state index in [1.807, 2.05) is 11.5 Å². The fraction of sp³-hybridized carbons (Fsp3) is 0.357. The number of hydrogen-bond acceptors (Lipinski definition) is 5. The fourth-order valence-electron chi connectivity index (χ4n) is 1.99. The average Bonchev–Trinajstić information content (AvgIpc) is 2.91. The van der Waals surface area contributed by atoms with Crippen molar-refractivity contribution in [3.8, 4) is 0 Å². The second kappa shape index (κ2) is 6.25. The summed E-state index contributed by atoms with van der Waals surface area (Å²) < 4.78 is 1.94. The predicted molar refractivity (Wildman–Crippen MR) is 81.9 cm³/mol. The molecule has 21 heavy (non-hydrogen) atoms. The Labute approximate surface area is 123 Å². The van der Waals surface area contributed by atoms with Crippen molar-refractivity contribution in [2.75, 3.05) is 25.1 Å². The van der Waals surface area contributed by atoms with Gasteiger partial charge in [-0.3, -0.25) is 4.79 Å².